The van der Waals surface area contributed by atoms with Crippen LogP contribution < -0.4 is 14.9 Å². The number of carbonyl (C=O) groups excluding carboxylic acids is 1. The van der Waals surface area contributed by atoms with Gasteiger partial charge in [0.15, 0.2) is 11.5 Å². The molecule has 5 nitrogen and oxygen atoms in total. The summed E-state index contributed by atoms with van der Waals surface area (Å²) < 4.78 is 10.5. The van der Waals surface area contributed by atoms with Crippen molar-refractivity contribution in [2.75, 3.05) is 6.79 Å². The van der Waals surface area contributed by atoms with E-state index in [-0.39, 0.29) is 12.7 Å². The van der Waals surface area contributed by atoms with Crippen LogP contribution in [-0.4, -0.2) is 18.9 Å². The van der Waals surface area contributed by atoms with Crippen molar-refractivity contribution in [2.45, 2.75) is 6.92 Å². The van der Waals surface area contributed by atoms with Gasteiger partial charge in [0, 0.05) is 21.9 Å². The predicted octanol–water partition coefficient (Wildman–Crippen LogP) is 3.20. The van der Waals surface area contributed by atoms with E-state index in [2.05, 4.69) is 10.5 Å². The summed E-state index contributed by atoms with van der Waals surface area (Å²) in [5.41, 5.74) is 3.69. The molecule has 0 atom stereocenters. The van der Waals surface area contributed by atoms with Crippen molar-refractivity contribution in [1.29, 1.82) is 0 Å². The average Bonchev–Trinajstić information content (AvgIpc) is 3.07. The lowest BCUT2D eigenvalue weighted by Gasteiger charge is -2.01. The standard InChI is InChI=1S/C14H11ClN2O3S/c1-8-2-10(6-21-8)14(18)17-16-5-9-3-12-13(4-11(9)15)20-7-19-12/h2-6H,7H2,1H3,(H,17,18)/b16-5+. The minimum atomic E-state index is -0.257. The van der Waals surface area contributed by atoms with Crippen molar-refractivity contribution in [3.8, 4) is 11.5 Å². The molecular formula is C14H11ClN2O3S. The Morgan fingerprint density at radius 2 is 2.14 bits per heavy atom. The van der Waals surface area contributed by atoms with Gasteiger partial charge < -0.3 is 9.47 Å². The highest BCUT2D eigenvalue weighted by atomic mass is 35.5. The zero-order valence-corrected chi connectivity index (χ0v) is 12.6. The van der Waals surface area contributed by atoms with Gasteiger partial charge in [-0.3, -0.25) is 4.79 Å². The van der Waals surface area contributed by atoms with Gasteiger partial charge in [0.2, 0.25) is 6.79 Å². The molecule has 1 aromatic carbocycles. The molecular weight excluding hydrogens is 312 g/mol. The second-order valence-corrected chi connectivity index (χ2v) is 5.89. The summed E-state index contributed by atoms with van der Waals surface area (Å²) in [5, 5.41) is 6.17. The third kappa shape index (κ3) is 3.01. The maximum atomic E-state index is 11.8. The van der Waals surface area contributed by atoms with Crippen LogP contribution in [0.25, 0.3) is 0 Å². The summed E-state index contributed by atoms with van der Waals surface area (Å²) in [6.45, 7) is 2.12. The van der Waals surface area contributed by atoms with Gasteiger partial charge in [0.05, 0.1) is 16.8 Å². The molecule has 108 valence electrons. The number of nitrogens with zero attached hydrogens (tertiary/aromatic N) is 1. The summed E-state index contributed by atoms with van der Waals surface area (Å²) in [4.78, 5) is 12.9. The van der Waals surface area contributed by atoms with Crippen molar-refractivity contribution >= 4 is 35.1 Å². The molecule has 1 aromatic heterocycles. The molecule has 21 heavy (non-hydrogen) atoms. The van der Waals surface area contributed by atoms with Crippen molar-refractivity contribution in [1.82, 2.24) is 5.43 Å². The Kier molecular flexibility index (Phi) is 3.81. The average molecular weight is 323 g/mol. The number of hydrogen-bond acceptors (Lipinski definition) is 5. The van der Waals surface area contributed by atoms with Gasteiger partial charge in [0.1, 0.15) is 0 Å². The van der Waals surface area contributed by atoms with Crippen LogP contribution in [0, 0.1) is 6.92 Å². The van der Waals surface area contributed by atoms with Crippen LogP contribution in [0.3, 0.4) is 0 Å². The highest BCUT2D eigenvalue weighted by molar-refractivity contribution is 7.10. The van der Waals surface area contributed by atoms with E-state index < -0.39 is 0 Å². The number of rotatable bonds is 3. The topological polar surface area (TPSA) is 59.9 Å². The highest BCUT2D eigenvalue weighted by Gasteiger charge is 2.15. The van der Waals surface area contributed by atoms with E-state index in [0.717, 1.165) is 4.88 Å². The maximum Gasteiger partial charge on any atom is 0.272 e. The van der Waals surface area contributed by atoms with Crippen molar-refractivity contribution in [2.24, 2.45) is 5.10 Å². The van der Waals surface area contributed by atoms with E-state index in [0.29, 0.717) is 27.6 Å². The van der Waals surface area contributed by atoms with E-state index >= 15 is 0 Å². The van der Waals surface area contributed by atoms with Gasteiger partial charge >= 0.3 is 0 Å². The van der Waals surface area contributed by atoms with Crippen LogP contribution in [0.5, 0.6) is 11.5 Å². The molecule has 0 fully saturated rings. The second kappa shape index (κ2) is 5.75. The first kappa shape index (κ1) is 13.9. The molecule has 0 bridgehead atoms. The fraction of sp³-hybridized carbons (Fsp3) is 0.143. The van der Waals surface area contributed by atoms with Gasteiger partial charge in [-0.25, -0.2) is 5.43 Å². The predicted molar refractivity (Wildman–Crippen MR) is 81.7 cm³/mol. The molecule has 0 aliphatic carbocycles. The Labute approximate surface area is 130 Å². The third-order valence-electron chi connectivity index (χ3n) is 2.85. The number of fused-ring (bicyclic) bond motifs is 1. The summed E-state index contributed by atoms with van der Waals surface area (Å²) in [6, 6.07) is 5.19. The number of thiophene rings is 1. The van der Waals surface area contributed by atoms with E-state index in [1.165, 1.54) is 17.6 Å². The quantitative estimate of drug-likeness (QED) is 0.697. The first-order valence-corrected chi connectivity index (χ1v) is 7.37. The molecule has 3 rings (SSSR count). The van der Waals surface area contributed by atoms with E-state index in [1.807, 2.05) is 13.0 Å². The van der Waals surface area contributed by atoms with Crippen LogP contribution >= 0.6 is 22.9 Å². The zero-order chi connectivity index (χ0) is 14.8. The maximum absolute atomic E-state index is 11.8. The number of nitrogens with one attached hydrogen (secondary N) is 1. The van der Waals surface area contributed by atoms with Crippen molar-refractivity contribution in [3.05, 3.63) is 44.6 Å². The minimum absolute atomic E-state index is 0.181. The molecule has 1 N–H and O–H groups in total. The Morgan fingerprint density at radius 1 is 1.38 bits per heavy atom. The number of halogens is 1. The molecule has 1 aliphatic heterocycles. The molecule has 0 saturated carbocycles. The number of aryl methyl sites for hydroxylation is 1. The van der Waals surface area contributed by atoms with Gasteiger partial charge in [0.25, 0.3) is 5.91 Å². The molecule has 2 heterocycles. The highest BCUT2D eigenvalue weighted by Crippen LogP contribution is 2.36. The SMILES string of the molecule is Cc1cc(C(=O)N/N=C/c2cc3c(cc2Cl)OCO3)cs1. The van der Waals surface area contributed by atoms with Gasteiger partial charge in [-0.2, -0.15) is 5.10 Å². The van der Waals surface area contributed by atoms with Gasteiger partial charge in [-0.15, -0.1) is 11.3 Å². The summed E-state index contributed by atoms with van der Waals surface area (Å²) in [6.07, 6.45) is 1.47. The summed E-state index contributed by atoms with van der Waals surface area (Å²) >= 11 is 7.62. The molecule has 1 aliphatic rings. The van der Waals surface area contributed by atoms with Crippen LogP contribution in [0.4, 0.5) is 0 Å². The van der Waals surface area contributed by atoms with Crippen molar-refractivity contribution in [3.63, 3.8) is 0 Å². The summed E-state index contributed by atoms with van der Waals surface area (Å²) in [5.74, 6) is 0.961. The summed E-state index contributed by atoms with van der Waals surface area (Å²) in [7, 11) is 0. The van der Waals surface area contributed by atoms with Crippen LogP contribution in [0.1, 0.15) is 20.8 Å². The molecule has 0 saturated heterocycles. The monoisotopic (exact) mass is 322 g/mol. The lowest BCUT2D eigenvalue weighted by atomic mass is 10.2. The number of ether oxygens (including phenoxy) is 2. The van der Waals surface area contributed by atoms with E-state index in [1.54, 1.807) is 17.5 Å². The molecule has 2 aromatic rings. The first-order valence-electron chi connectivity index (χ1n) is 6.11. The third-order valence-corrected chi connectivity index (χ3v) is 4.04. The number of amides is 1. The number of benzene rings is 1. The Balaban J connectivity index is 1.70. The zero-order valence-electron chi connectivity index (χ0n) is 11.1. The van der Waals surface area contributed by atoms with Gasteiger partial charge in [-0.1, -0.05) is 11.6 Å². The molecule has 0 spiro atoms. The first-order chi connectivity index (χ1) is 10.1. The lowest BCUT2D eigenvalue weighted by Crippen LogP contribution is -2.16. The fourth-order valence-corrected chi connectivity index (χ4v) is 2.70. The molecule has 0 unspecified atom stereocenters. The van der Waals surface area contributed by atoms with E-state index in [9.17, 15) is 4.79 Å². The minimum Gasteiger partial charge on any atom is -0.454 e. The second-order valence-electron chi connectivity index (χ2n) is 4.37. The van der Waals surface area contributed by atoms with Gasteiger partial charge in [-0.05, 0) is 19.1 Å². The van der Waals surface area contributed by atoms with Crippen LogP contribution in [0.2, 0.25) is 5.02 Å². The molecule has 1 amide bonds. The van der Waals surface area contributed by atoms with Crippen LogP contribution in [-0.2, 0) is 0 Å². The Morgan fingerprint density at radius 3 is 2.86 bits per heavy atom. The Bertz CT molecular complexity index is 727. The van der Waals surface area contributed by atoms with Crippen molar-refractivity contribution < 1.29 is 14.3 Å². The lowest BCUT2D eigenvalue weighted by molar-refractivity contribution is 0.0955. The number of carbonyl (C=O) groups is 1. The Hall–Kier alpha value is -2.05. The van der Waals surface area contributed by atoms with Crippen LogP contribution in [0.15, 0.2) is 28.7 Å². The normalized spacial score (nSPS) is 12.9. The fourth-order valence-electron chi connectivity index (χ4n) is 1.82. The smallest absolute Gasteiger partial charge is 0.272 e. The number of hydrazone groups is 1. The molecule has 0 radical (unpaired) electrons. The number of hydrogen-bond donors (Lipinski definition) is 1. The van der Waals surface area contributed by atoms with E-state index in [4.69, 9.17) is 21.1 Å². The molecule has 7 heteroatoms. The largest absolute Gasteiger partial charge is 0.454 e.